The number of pyridine rings is 1. The van der Waals surface area contributed by atoms with Crippen LogP contribution < -0.4 is 10.1 Å². The molecule has 0 bridgehead atoms. The molecule has 1 aromatic carbocycles. The molecule has 1 spiro atoms. The molecule has 2 aromatic rings. The predicted octanol–water partition coefficient (Wildman–Crippen LogP) is 3.82. The van der Waals surface area contributed by atoms with E-state index >= 15 is 0 Å². The van der Waals surface area contributed by atoms with Crippen molar-refractivity contribution in [1.82, 2.24) is 15.2 Å². The summed E-state index contributed by atoms with van der Waals surface area (Å²) in [5.41, 5.74) is 1.14. The number of benzene rings is 1. The Hall–Kier alpha value is -1.94. The zero-order valence-electron chi connectivity index (χ0n) is 16.4. The van der Waals surface area contributed by atoms with Crippen molar-refractivity contribution < 1.29 is 13.9 Å². The van der Waals surface area contributed by atoms with E-state index in [-0.39, 0.29) is 29.8 Å². The summed E-state index contributed by atoms with van der Waals surface area (Å²) >= 11 is 0. The lowest BCUT2D eigenvalue weighted by Gasteiger charge is -2.24. The van der Waals surface area contributed by atoms with Crippen molar-refractivity contribution in [1.29, 1.82) is 0 Å². The molecule has 1 unspecified atom stereocenters. The molecule has 2 aliphatic heterocycles. The molecule has 0 aliphatic carbocycles. The van der Waals surface area contributed by atoms with E-state index in [4.69, 9.17) is 9.47 Å². The number of nitrogens with one attached hydrogen (secondary N) is 1. The minimum Gasteiger partial charge on any atom is -0.457 e. The van der Waals surface area contributed by atoms with Crippen molar-refractivity contribution >= 4 is 29.9 Å². The van der Waals surface area contributed by atoms with Gasteiger partial charge in [0.1, 0.15) is 17.3 Å². The Morgan fingerprint density at radius 1 is 1.28 bits per heavy atom. The number of hydrogen-bond donors (Lipinski definition) is 1. The summed E-state index contributed by atoms with van der Waals surface area (Å²) in [5.74, 6) is 1.85. The van der Waals surface area contributed by atoms with Gasteiger partial charge in [-0.15, -0.1) is 24.0 Å². The van der Waals surface area contributed by atoms with E-state index in [2.05, 4.69) is 20.2 Å². The van der Waals surface area contributed by atoms with Crippen LogP contribution in [0.1, 0.15) is 18.5 Å². The molecule has 0 saturated carbocycles. The summed E-state index contributed by atoms with van der Waals surface area (Å²) in [7, 11) is 1.81. The molecular formula is C21H26FIN4O2. The van der Waals surface area contributed by atoms with Gasteiger partial charge in [0.05, 0.1) is 18.8 Å². The quantitative estimate of drug-likeness (QED) is 0.384. The Kier molecular flexibility index (Phi) is 7.28. The first-order valence-electron chi connectivity index (χ1n) is 9.58. The normalized spacial score (nSPS) is 21.3. The maximum Gasteiger partial charge on any atom is 0.193 e. The van der Waals surface area contributed by atoms with Gasteiger partial charge < -0.3 is 19.7 Å². The Labute approximate surface area is 187 Å². The van der Waals surface area contributed by atoms with E-state index in [1.165, 1.54) is 12.1 Å². The molecule has 2 aliphatic rings. The van der Waals surface area contributed by atoms with Crippen LogP contribution in [0.25, 0.3) is 0 Å². The molecule has 2 saturated heterocycles. The van der Waals surface area contributed by atoms with Crippen LogP contribution in [-0.4, -0.2) is 49.2 Å². The van der Waals surface area contributed by atoms with Crippen LogP contribution in [0.5, 0.6) is 11.5 Å². The maximum atomic E-state index is 13.0. The van der Waals surface area contributed by atoms with Gasteiger partial charge >= 0.3 is 0 Å². The predicted molar refractivity (Wildman–Crippen MR) is 120 cm³/mol. The number of nitrogens with zero attached hydrogens (tertiary/aromatic N) is 3. The Balaban J connectivity index is 0.00000240. The smallest absolute Gasteiger partial charge is 0.193 e. The molecule has 0 radical (unpaired) electrons. The Morgan fingerprint density at radius 2 is 2.10 bits per heavy atom. The van der Waals surface area contributed by atoms with Crippen molar-refractivity contribution in [2.24, 2.45) is 10.4 Å². The van der Waals surface area contributed by atoms with Crippen LogP contribution in [0.15, 0.2) is 47.6 Å². The number of guanidine groups is 1. The minimum absolute atomic E-state index is 0. The van der Waals surface area contributed by atoms with Crippen LogP contribution in [0, 0.1) is 11.2 Å². The standard InChI is InChI=1S/C21H25FN4O2.HI/c1-23-20(26-10-7-21(14-26)8-11-27-15-21)25-13-17-12-19(6-9-24-17)28-18-4-2-16(22)3-5-18;/h2-6,9,12H,7-8,10-11,13-15H2,1H3,(H,23,25);1H. The highest BCUT2D eigenvalue weighted by Crippen LogP contribution is 2.38. The van der Waals surface area contributed by atoms with Gasteiger partial charge in [0.15, 0.2) is 5.96 Å². The molecule has 6 nitrogen and oxygen atoms in total. The lowest BCUT2D eigenvalue weighted by Crippen LogP contribution is -2.41. The van der Waals surface area contributed by atoms with Gasteiger partial charge in [-0.25, -0.2) is 4.39 Å². The monoisotopic (exact) mass is 512 g/mol. The molecule has 1 atom stereocenters. The average Bonchev–Trinajstić information content (AvgIpc) is 3.35. The second-order valence-electron chi connectivity index (χ2n) is 7.41. The number of rotatable bonds is 4. The second-order valence-corrected chi connectivity index (χ2v) is 7.41. The van der Waals surface area contributed by atoms with Crippen molar-refractivity contribution in [3.8, 4) is 11.5 Å². The second kappa shape index (κ2) is 9.71. The molecule has 8 heteroatoms. The minimum atomic E-state index is -0.286. The van der Waals surface area contributed by atoms with E-state index in [1.54, 1.807) is 31.4 Å². The molecule has 29 heavy (non-hydrogen) atoms. The average molecular weight is 512 g/mol. The molecule has 3 heterocycles. The van der Waals surface area contributed by atoms with Gasteiger partial charge in [-0.3, -0.25) is 9.98 Å². The fraction of sp³-hybridized carbons (Fsp3) is 0.429. The van der Waals surface area contributed by atoms with Crippen LogP contribution in [0.4, 0.5) is 4.39 Å². The third-order valence-corrected chi connectivity index (χ3v) is 5.40. The number of aromatic nitrogens is 1. The van der Waals surface area contributed by atoms with Crippen LogP contribution in [0.3, 0.4) is 0 Å². The molecule has 1 N–H and O–H groups in total. The molecule has 2 fully saturated rings. The lowest BCUT2D eigenvalue weighted by atomic mass is 9.87. The largest absolute Gasteiger partial charge is 0.457 e. The van der Waals surface area contributed by atoms with E-state index in [9.17, 15) is 4.39 Å². The number of likely N-dealkylation sites (tertiary alicyclic amines) is 1. The van der Waals surface area contributed by atoms with Crippen molar-refractivity contribution in [3.63, 3.8) is 0 Å². The number of aliphatic imine (C=N–C) groups is 1. The fourth-order valence-corrected chi connectivity index (χ4v) is 3.84. The van der Waals surface area contributed by atoms with E-state index < -0.39 is 0 Å². The van der Waals surface area contributed by atoms with Crippen LogP contribution in [-0.2, 0) is 11.3 Å². The first-order valence-corrected chi connectivity index (χ1v) is 9.58. The molecular weight excluding hydrogens is 486 g/mol. The summed E-state index contributed by atoms with van der Waals surface area (Å²) in [4.78, 5) is 11.1. The zero-order valence-corrected chi connectivity index (χ0v) is 18.8. The van der Waals surface area contributed by atoms with Crippen molar-refractivity contribution in [2.75, 3.05) is 33.4 Å². The van der Waals surface area contributed by atoms with E-state index in [1.807, 2.05) is 6.07 Å². The first-order chi connectivity index (χ1) is 13.7. The fourth-order valence-electron chi connectivity index (χ4n) is 3.84. The molecule has 1 aromatic heterocycles. The first kappa shape index (κ1) is 21.8. The third-order valence-electron chi connectivity index (χ3n) is 5.40. The summed E-state index contributed by atoms with van der Waals surface area (Å²) in [6, 6.07) is 9.62. The van der Waals surface area contributed by atoms with Gasteiger partial charge in [-0.05, 0) is 43.2 Å². The van der Waals surface area contributed by atoms with E-state index in [0.717, 1.165) is 50.8 Å². The summed E-state index contributed by atoms with van der Waals surface area (Å²) in [6.45, 7) is 4.24. The SMILES string of the molecule is CN=C(NCc1cc(Oc2ccc(F)cc2)ccn1)N1CCC2(CCOC2)C1.I. The van der Waals surface area contributed by atoms with Crippen molar-refractivity contribution in [3.05, 3.63) is 54.1 Å². The molecule has 0 amide bonds. The van der Waals surface area contributed by atoms with Gasteiger partial charge in [0, 0.05) is 44.4 Å². The number of halogens is 2. The summed E-state index contributed by atoms with van der Waals surface area (Å²) in [6.07, 6.45) is 3.98. The molecule has 4 rings (SSSR count). The van der Waals surface area contributed by atoms with Gasteiger partial charge in [0.25, 0.3) is 0 Å². The highest BCUT2D eigenvalue weighted by molar-refractivity contribution is 14.0. The maximum absolute atomic E-state index is 13.0. The Morgan fingerprint density at radius 3 is 2.83 bits per heavy atom. The summed E-state index contributed by atoms with van der Waals surface area (Å²) in [5, 5.41) is 3.40. The highest BCUT2D eigenvalue weighted by Gasteiger charge is 2.42. The highest BCUT2D eigenvalue weighted by atomic mass is 127. The van der Waals surface area contributed by atoms with Crippen molar-refractivity contribution in [2.45, 2.75) is 19.4 Å². The zero-order chi connectivity index (χ0) is 19.4. The number of hydrogen-bond acceptors (Lipinski definition) is 4. The third kappa shape index (κ3) is 5.36. The van der Waals surface area contributed by atoms with Gasteiger partial charge in [-0.2, -0.15) is 0 Å². The van der Waals surface area contributed by atoms with Crippen LogP contribution in [0.2, 0.25) is 0 Å². The summed E-state index contributed by atoms with van der Waals surface area (Å²) < 4.78 is 24.4. The molecule has 156 valence electrons. The topological polar surface area (TPSA) is 59.0 Å². The van der Waals surface area contributed by atoms with E-state index in [0.29, 0.717) is 23.5 Å². The van der Waals surface area contributed by atoms with Crippen LogP contribution >= 0.6 is 24.0 Å². The van der Waals surface area contributed by atoms with Gasteiger partial charge in [0.2, 0.25) is 0 Å². The Bertz CT molecular complexity index is 841. The van der Waals surface area contributed by atoms with Gasteiger partial charge in [-0.1, -0.05) is 0 Å². The lowest BCUT2D eigenvalue weighted by molar-refractivity contribution is 0.156. The number of ether oxygens (including phenoxy) is 2.